The molecule has 2 rings (SSSR count). The summed E-state index contributed by atoms with van der Waals surface area (Å²) in [4.78, 5) is 19.4. The number of nitrogens with one attached hydrogen (secondary N) is 1. The SMILES string of the molecule is C=C/C(OC)=C(\C=C(/C)Cl)N(C(=O)Nc1ccccc1OCC)C1=NCCCS1. The average molecular weight is 436 g/mol. The Kier molecular flexibility index (Phi) is 9.15. The predicted octanol–water partition coefficient (Wildman–Crippen LogP) is 5.60. The molecule has 0 spiro atoms. The van der Waals surface area contributed by atoms with Gasteiger partial charge in [0.1, 0.15) is 11.5 Å². The monoisotopic (exact) mass is 435 g/mol. The molecule has 0 unspecified atom stereocenters. The second kappa shape index (κ2) is 11.6. The maximum atomic E-state index is 13.4. The first-order valence-corrected chi connectivity index (χ1v) is 10.6. The summed E-state index contributed by atoms with van der Waals surface area (Å²) in [5.41, 5.74) is 1.02. The van der Waals surface area contributed by atoms with Crippen LogP contribution in [0.25, 0.3) is 0 Å². The number of hydrogen-bond acceptors (Lipinski definition) is 5. The third kappa shape index (κ3) is 6.30. The number of amides is 2. The Labute approximate surface area is 181 Å². The molecule has 1 heterocycles. The zero-order valence-electron chi connectivity index (χ0n) is 16.9. The van der Waals surface area contributed by atoms with Crippen LogP contribution in [0.3, 0.4) is 0 Å². The molecule has 0 radical (unpaired) electrons. The first-order chi connectivity index (χ1) is 14.0. The summed E-state index contributed by atoms with van der Waals surface area (Å²) in [7, 11) is 1.52. The average Bonchev–Trinajstić information content (AvgIpc) is 2.71. The molecule has 1 aromatic carbocycles. The summed E-state index contributed by atoms with van der Waals surface area (Å²) in [5, 5.41) is 3.98. The number of rotatable bonds is 7. The Morgan fingerprint density at radius 2 is 2.21 bits per heavy atom. The van der Waals surface area contributed by atoms with Crippen LogP contribution in [0.1, 0.15) is 20.3 Å². The van der Waals surface area contributed by atoms with Gasteiger partial charge in [0.2, 0.25) is 0 Å². The van der Waals surface area contributed by atoms with Crippen molar-refractivity contribution in [2.24, 2.45) is 4.99 Å². The standard InChI is InChI=1S/C21H26ClN3O3S/c1-5-18(27-4)17(14-15(3)22)25(21-23-12-9-13-29-21)20(26)24-16-10-7-8-11-19(16)28-6-2/h5,7-8,10-11,14H,1,6,9,12-13H2,2-4H3,(H,24,26)/b15-14+,18-17-. The number of aliphatic imine (C=N–C) groups is 1. The highest BCUT2D eigenvalue weighted by atomic mass is 35.5. The summed E-state index contributed by atoms with van der Waals surface area (Å²) in [5.74, 6) is 1.87. The molecule has 1 N–H and O–H groups in total. The van der Waals surface area contributed by atoms with Gasteiger partial charge >= 0.3 is 6.03 Å². The molecule has 0 aromatic heterocycles. The normalized spacial score (nSPS) is 15.0. The van der Waals surface area contributed by atoms with E-state index in [0.29, 0.717) is 46.2 Å². The maximum absolute atomic E-state index is 13.4. The molecule has 1 aromatic rings. The molecule has 1 aliphatic rings. The summed E-state index contributed by atoms with van der Waals surface area (Å²) >= 11 is 7.66. The number of thioether (sulfide) groups is 1. The van der Waals surface area contributed by atoms with Gasteiger partial charge in [-0.15, -0.1) is 0 Å². The number of urea groups is 1. The van der Waals surface area contributed by atoms with Gasteiger partial charge in [-0.25, -0.2) is 9.69 Å². The molecule has 156 valence electrons. The van der Waals surface area contributed by atoms with Crippen LogP contribution in [0.5, 0.6) is 5.75 Å². The highest BCUT2D eigenvalue weighted by Gasteiger charge is 2.28. The highest BCUT2D eigenvalue weighted by Crippen LogP contribution is 2.28. The molecule has 29 heavy (non-hydrogen) atoms. The lowest BCUT2D eigenvalue weighted by Crippen LogP contribution is -2.39. The van der Waals surface area contributed by atoms with Crippen LogP contribution >= 0.6 is 23.4 Å². The van der Waals surface area contributed by atoms with Gasteiger partial charge in [0.05, 0.1) is 25.1 Å². The molecule has 0 bridgehead atoms. The molecule has 2 amide bonds. The Morgan fingerprint density at radius 1 is 1.45 bits per heavy atom. The minimum atomic E-state index is -0.397. The number of amidine groups is 1. The fourth-order valence-electron chi connectivity index (χ4n) is 2.63. The molecule has 0 saturated carbocycles. The topological polar surface area (TPSA) is 63.2 Å². The van der Waals surface area contributed by atoms with Gasteiger partial charge in [0.25, 0.3) is 0 Å². The largest absolute Gasteiger partial charge is 0.495 e. The van der Waals surface area contributed by atoms with Crippen molar-refractivity contribution < 1.29 is 14.3 Å². The fourth-order valence-corrected chi connectivity index (χ4v) is 3.68. The first kappa shape index (κ1) is 22.9. The lowest BCUT2D eigenvalue weighted by molar-refractivity contribution is 0.237. The zero-order chi connectivity index (χ0) is 21.2. The van der Waals surface area contributed by atoms with Crippen molar-refractivity contribution in [1.29, 1.82) is 0 Å². The van der Waals surface area contributed by atoms with E-state index in [1.54, 1.807) is 25.1 Å². The van der Waals surface area contributed by atoms with E-state index in [4.69, 9.17) is 21.1 Å². The lowest BCUT2D eigenvalue weighted by Gasteiger charge is -2.28. The van der Waals surface area contributed by atoms with E-state index in [2.05, 4.69) is 16.9 Å². The molecule has 0 atom stereocenters. The van der Waals surface area contributed by atoms with E-state index in [9.17, 15) is 4.79 Å². The van der Waals surface area contributed by atoms with Crippen LogP contribution in [-0.4, -0.2) is 42.1 Å². The van der Waals surface area contributed by atoms with Gasteiger partial charge in [-0.1, -0.05) is 42.1 Å². The van der Waals surface area contributed by atoms with Crippen LogP contribution in [0.2, 0.25) is 0 Å². The summed E-state index contributed by atoms with van der Waals surface area (Å²) in [6.07, 6.45) is 4.15. The number of ether oxygens (including phenoxy) is 2. The fraction of sp³-hybridized carbons (Fsp3) is 0.333. The van der Waals surface area contributed by atoms with E-state index in [-0.39, 0.29) is 0 Å². The first-order valence-electron chi connectivity index (χ1n) is 9.26. The molecule has 6 nitrogen and oxygen atoms in total. The molecule has 0 saturated heterocycles. The van der Waals surface area contributed by atoms with Crippen molar-refractivity contribution in [3.8, 4) is 5.75 Å². The number of allylic oxidation sites excluding steroid dienone is 3. The quantitative estimate of drug-likeness (QED) is 0.447. The van der Waals surface area contributed by atoms with Crippen molar-refractivity contribution in [3.63, 3.8) is 0 Å². The van der Waals surface area contributed by atoms with Crippen LogP contribution in [0, 0.1) is 0 Å². The van der Waals surface area contributed by atoms with E-state index in [0.717, 1.165) is 12.2 Å². The van der Waals surface area contributed by atoms with Crippen LogP contribution in [-0.2, 0) is 4.74 Å². The van der Waals surface area contributed by atoms with E-state index in [1.165, 1.54) is 29.8 Å². The van der Waals surface area contributed by atoms with Gasteiger partial charge < -0.3 is 14.8 Å². The highest BCUT2D eigenvalue weighted by molar-refractivity contribution is 8.13. The van der Waals surface area contributed by atoms with E-state index in [1.807, 2.05) is 19.1 Å². The van der Waals surface area contributed by atoms with Gasteiger partial charge in [0.15, 0.2) is 5.17 Å². The summed E-state index contributed by atoms with van der Waals surface area (Å²) in [6.45, 7) is 8.55. The Bertz CT molecular complexity index is 832. The molecule has 0 aliphatic carbocycles. The minimum absolute atomic E-state index is 0.397. The molecule has 8 heteroatoms. The van der Waals surface area contributed by atoms with Crippen LogP contribution in [0.15, 0.2) is 64.5 Å². The third-order valence-electron chi connectivity index (χ3n) is 3.84. The zero-order valence-corrected chi connectivity index (χ0v) is 18.5. The summed E-state index contributed by atoms with van der Waals surface area (Å²) < 4.78 is 11.1. The third-order valence-corrected chi connectivity index (χ3v) is 5.01. The molecule has 0 fully saturated rings. The lowest BCUT2D eigenvalue weighted by atomic mass is 10.2. The maximum Gasteiger partial charge on any atom is 0.332 e. The van der Waals surface area contributed by atoms with Crippen molar-refractivity contribution >= 4 is 40.2 Å². The number of para-hydroxylation sites is 2. The minimum Gasteiger partial charge on any atom is -0.495 e. The van der Waals surface area contributed by atoms with Gasteiger partial charge in [-0.3, -0.25) is 4.99 Å². The summed E-state index contributed by atoms with van der Waals surface area (Å²) in [6, 6.07) is 6.88. The second-order valence-electron chi connectivity index (χ2n) is 5.95. The predicted molar refractivity (Wildman–Crippen MR) is 122 cm³/mol. The van der Waals surface area contributed by atoms with Gasteiger partial charge in [-0.2, -0.15) is 0 Å². The number of anilines is 1. The number of hydrogen-bond donors (Lipinski definition) is 1. The number of benzene rings is 1. The van der Waals surface area contributed by atoms with Gasteiger partial charge in [0, 0.05) is 17.3 Å². The second-order valence-corrected chi connectivity index (χ2v) is 7.61. The van der Waals surface area contributed by atoms with Crippen LogP contribution < -0.4 is 10.1 Å². The Balaban J connectivity index is 2.52. The number of halogens is 1. The number of nitrogens with zero attached hydrogens (tertiary/aromatic N) is 2. The van der Waals surface area contributed by atoms with E-state index >= 15 is 0 Å². The van der Waals surface area contributed by atoms with Gasteiger partial charge in [-0.05, 0) is 44.6 Å². The van der Waals surface area contributed by atoms with Crippen molar-refractivity contribution in [2.45, 2.75) is 20.3 Å². The van der Waals surface area contributed by atoms with Crippen molar-refractivity contribution in [3.05, 3.63) is 59.5 Å². The van der Waals surface area contributed by atoms with Crippen molar-refractivity contribution in [2.75, 3.05) is 31.3 Å². The van der Waals surface area contributed by atoms with E-state index < -0.39 is 6.03 Å². The number of carbonyl (C=O) groups is 1. The number of methoxy groups -OCH3 is 1. The molecular weight excluding hydrogens is 410 g/mol. The van der Waals surface area contributed by atoms with Crippen molar-refractivity contribution in [1.82, 2.24) is 4.90 Å². The smallest absolute Gasteiger partial charge is 0.332 e. The van der Waals surface area contributed by atoms with Crippen LogP contribution in [0.4, 0.5) is 10.5 Å². The number of carbonyl (C=O) groups excluding carboxylic acids is 1. The Morgan fingerprint density at radius 3 is 2.79 bits per heavy atom. The Hall–Kier alpha value is -2.38. The molecule has 1 aliphatic heterocycles. The molecular formula is C21H26ClN3O3S.